The molecule has 1 unspecified atom stereocenters. The number of aliphatic hydroxyl groups is 1. The molecular weight excluding hydrogens is 196 g/mol. The lowest BCUT2D eigenvalue weighted by Gasteiger charge is -2.28. The Bertz CT molecular complexity index is 298. The predicted molar refractivity (Wildman–Crippen MR) is 61.0 cm³/mol. The molecule has 0 aliphatic rings. The van der Waals surface area contributed by atoms with E-state index in [1.54, 1.807) is 18.3 Å². The summed E-state index contributed by atoms with van der Waals surface area (Å²) >= 11 is 1.63. The van der Waals surface area contributed by atoms with Crippen molar-refractivity contribution in [2.75, 3.05) is 5.32 Å². The number of hydrogen-bond donors (Lipinski definition) is 2. The Labute approximate surface area is 89.2 Å². The fraction of sp³-hybridized carbons (Fsp3) is 0.700. The highest BCUT2D eigenvalue weighted by Crippen LogP contribution is 2.25. The molecule has 0 aromatic carbocycles. The Morgan fingerprint density at radius 1 is 1.43 bits per heavy atom. The molecule has 0 saturated carbocycles. The SMILES string of the molecule is Cc1nc(NC(C)(C)C(C)O)sc1C. The van der Waals surface area contributed by atoms with E-state index < -0.39 is 6.10 Å². The fourth-order valence-electron chi connectivity index (χ4n) is 0.906. The Hall–Kier alpha value is -0.610. The molecule has 14 heavy (non-hydrogen) atoms. The zero-order valence-corrected chi connectivity index (χ0v) is 10.2. The Morgan fingerprint density at radius 3 is 2.36 bits per heavy atom. The monoisotopic (exact) mass is 214 g/mol. The van der Waals surface area contributed by atoms with Crippen molar-refractivity contribution in [3.05, 3.63) is 10.6 Å². The average molecular weight is 214 g/mol. The topological polar surface area (TPSA) is 45.2 Å². The molecule has 1 aromatic heterocycles. The van der Waals surface area contributed by atoms with Crippen LogP contribution in [0.15, 0.2) is 0 Å². The maximum absolute atomic E-state index is 9.53. The summed E-state index contributed by atoms with van der Waals surface area (Å²) in [5, 5.41) is 13.6. The minimum Gasteiger partial charge on any atom is -0.391 e. The zero-order valence-electron chi connectivity index (χ0n) is 9.38. The van der Waals surface area contributed by atoms with Crippen molar-refractivity contribution in [3.8, 4) is 0 Å². The molecule has 1 heterocycles. The number of nitrogens with zero attached hydrogens (tertiary/aromatic N) is 1. The highest BCUT2D eigenvalue weighted by Gasteiger charge is 2.24. The van der Waals surface area contributed by atoms with Crippen LogP contribution >= 0.6 is 11.3 Å². The third-order valence-electron chi connectivity index (χ3n) is 2.50. The van der Waals surface area contributed by atoms with Crippen LogP contribution in [0, 0.1) is 13.8 Å². The van der Waals surface area contributed by atoms with E-state index >= 15 is 0 Å². The van der Waals surface area contributed by atoms with E-state index in [2.05, 4.69) is 10.3 Å². The second kappa shape index (κ2) is 3.87. The number of rotatable bonds is 3. The maximum atomic E-state index is 9.53. The summed E-state index contributed by atoms with van der Waals surface area (Å²) in [6.45, 7) is 9.74. The van der Waals surface area contributed by atoms with Gasteiger partial charge in [-0.2, -0.15) is 0 Å². The van der Waals surface area contributed by atoms with Crippen LogP contribution in [0.5, 0.6) is 0 Å². The molecule has 80 valence electrons. The van der Waals surface area contributed by atoms with Crippen molar-refractivity contribution in [2.24, 2.45) is 0 Å². The van der Waals surface area contributed by atoms with Gasteiger partial charge in [0.05, 0.1) is 17.3 Å². The Morgan fingerprint density at radius 2 is 2.00 bits per heavy atom. The summed E-state index contributed by atoms with van der Waals surface area (Å²) in [6, 6.07) is 0. The van der Waals surface area contributed by atoms with Gasteiger partial charge in [0.2, 0.25) is 0 Å². The molecule has 4 heteroatoms. The van der Waals surface area contributed by atoms with Crippen LogP contribution in [0.4, 0.5) is 5.13 Å². The smallest absolute Gasteiger partial charge is 0.183 e. The first-order valence-electron chi connectivity index (χ1n) is 4.73. The van der Waals surface area contributed by atoms with Gasteiger partial charge in [0, 0.05) is 4.88 Å². The van der Waals surface area contributed by atoms with Crippen molar-refractivity contribution in [3.63, 3.8) is 0 Å². The summed E-state index contributed by atoms with van der Waals surface area (Å²) in [5.74, 6) is 0. The summed E-state index contributed by atoms with van der Waals surface area (Å²) in [7, 11) is 0. The number of nitrogens with one attached hydrogen (secondary N) is 1. The summed E-state index contributed by atoms with van der Waals surface area (Å²) in [6.07, 6.45) is -0.410. The lowest BCUT2D eigenvalue weighted by molar-refractivity contribution is 0.133. The molecule has 0 saturated heterocycles. The van der Waals surface area contributed by atoms with Crippen molar-refractivity contribution < 1.29 is 5.11 Å². The van der Waals surface area contributed by atoms with Gasteiger partial charge in [-0.1, -0.05) is 0 Å². The standard InChI is InChI=1S/C10H18N2OS/c1-6-7(2)14-9(11-6)12-10(4,5)8(3)13/h8,13H,1-5H3,(H,11,12). The van der Waals surface area contributed by atoms with E-state index in [0.29, 0.717) is 0 Å². The van der Waals surface area contributed by atoms with Gasteiger partial charge in [0.15, 0.2) is 5.13 Å². The molecule has 0 amide bonds. The zero-order chi connectivity index (χ0) is 10.9. The Balaban J connectivity index is 2.78. The van der Waals surface area contributed by atoms with Gasteiger partial charge in [-0.25, -0.2) is 4.98 Å². The second-order valence-electron chi connectivity index (χ2n) is 4.18. The Kier molecular flexibility index (Phi) is 3.17. The number of aliphatic hydroxyl groups excluding tert-OH is 1. The van der Waals surface area contributed by atoms with E-state index in [0.717, 1.165) is 10.8 Å². The van der Waals surface area contributed by atoms with Gasteiger partial charge in [0.25, 0.3) is 0 Å². The van der Waals surface area contributed by atoms with Gasteiger partial charge >= 0.3 is 0 Å². The minimum absolute atomic E-state index is 0.337. The molecule has 0 spiro atoms. The van der Waals surface area contributed by atoms with Crippen LogP contribution in [0.3, 0.4) is 0 Å². The van der Waals surface area contributed by atoms with Gasteiger partial charge in [-0.15, -0.1) is 11.3 Å². The van der Waals surface area contributed by atoms with Crippen LogP contribution in [0.1, 0.15) is 31.3 Å². The molecule has 0 bridgehead atoms. The first kappa shape index (κ1) is 11.5. The number of hydrogen-bond acceptors (Lipinski definition) is 4. The summed E-state index contributed by atoms with van der Waals surface area (Å²) in [5.41, 5.74) is 0.718. The lowest BCUT2D eigenvalue weighted by Crippen LogP contribution is -2.41. The number of aryl methyl sites for hydroxylation is 2. The normalized spacial score (nSPS) is 14.1. The highest BCUT2D eigenvalue weighted by molar-refractivity contribution is 7.15. The lowest BCUT2D eigenvalue weighted by atomic mass is 9.99. The molecule has 1 rings (SSSR count). The van der Waals surface area contributed by atoms with Gasteiger partial charge in [0.1, 0.15) is 0 Å². The quantitative estimate of drug-likeness (QED) is 0.811. The first-order chi connectivity index (χ1) is 6.33. The average Bonchev–Trinajstić information content (AvgIpc) is 2.29. The van der Waals surface area contributed by atoms with Crippen LogP contribution in [0.2, 0.25) is 0 Å². The second-order valence-corrected chi connectivity index (χ2v) is 5.39. The van der Waals surface area contributed by atoms with E-state index in [4.69, 9.17) is 0 Å². The molecule has 1 atom stereocenters. The third-order valence-corrected chi connectivity index (χ3v) is 3.49. The van der Waals surface area contributed by atoms with Crippen LogP contribution < -0.4 is 5.32 Å². The number of thiazole rings is 1. The molecule has 0 aliphatic carbocycles. The molecular formula is C10H18N2OS. The molecule has 2 N–H and O–H groups in total. The van der Waals surface area contributed by atoms with Crippen LogP contribution in [-0.4, -0.2) is 21.7 Å². The molecule has 1 aromatic rings. The predicted octanol–water partition coefficient (Wildman–Crippen LogP) is 2.33. The van der Waals surface area contributed by atoms with E-state index in [1.807, 2.05) is 27.7 Å². The van der Waals surface area contributed by atoms with Gasteiger partial charge in [-0.05, 0) is 34.6 Å². The first-order valence-corrected chi connectivity index (χ1v) is 5.55. The molecule has 3 nitrogen and oxygen atoms in total. The van der Waals surface area contributed by atoms with Crippen molar-refractivity contribution in [1.29, 1.82) is 0 Å². The summed E-state index contributed by atoms with van der Waals surface area (Å²) < 4.78 is 0. The molecule has 0 radical (unpaired) electrons. The number of anilines is 1. The third kappa shape index (κ3) is 2.45. The fourth-order valence-corrected chi connectivity index (χ4v) is 1.89. The van der Waals surface area contributed by atoms with Gasteiger partial charge < -0.3 is 10.4 Å². The van der Waals surface area contributed by atoms with Crippen molar-refractivity contribution >= 4 is 16.5 Å². The maximum Gasteiger partial charge on any atom is 0.183 e. The number of aromatic nitrogens is 1. The van der Waals surface area contributed by atoms with Crippen LogP contribution in [0.25, 0.3) is 0 Å². The molecule has 0 aliphatic heterocycles. The van der Waals surface area contributed by atoms with E-state index in [-0.39, 0.29) is 5.54 Å². The van der Waals surface area contributed by atoms with Crippen molar-refractivity contribution in [2.45, 2.75) is 46.3 Å². The van der Waals surface area contributed by atoms with Crippen molar-refractivity contribution in [1.82, 2.24) is 4.98 Å². The van der Waals surface area contributed by atoms with Gasteiger partial charge in [-0.3, -0.25) is 0 Å². The highest BCUT2D eigenvalue weighted by atomic mass is 32.1. The van der Waals surface area contributed by atoms with E-state index in [9.17, 15) is 5.11 Å². The van der Waals surface area contributed by atoms with E-state index in [1.165, 1.54) is 4.88 Å². The minimum atomic E-state index is -0.410. The molecule has 0 fully saturated rings. The summed E-state index contributed by atoms with van der Waals surface area (Å²) in [4.78, 5) is 5.59. The van der Waals surface area contributed by atoms with Crippen LogP contribution in [-0.2, 0) is 0 Å². The largest absolute Gasteiger partial charge is 0.391 e.